The molecule has 76 valence electrons. The van der Waals surface area contributed by atoms with Gasteiger partial charge in [0.1, 0.15) is 11.6 Å². The molecule has 2 aromatic rings. The highest BCUT2D eigenvalue weighted by atomic mass is 16.5. The normalized spacial score (nSPS) is 10.1. The fourth-order valence-electron chi connectivity index (χ4n) is 1.38. The maximum Gasteiger partial charge on any atom is 0.252 e. The lowest BCUT2D eigenvalue weighted by Crippen LogP contribution is -1.96. The van der Waals surface area contributed by atoms with Crippen LogP contribution in [0.15, 0.2) is 24.4 Å². The van der Waals surface area contributed by atoms with Gasteiger partial charge in [-0.2, -0.15) is 5.26 Å². The van der Waals surface area contributed by atoms with Gasteiger partial charge in [0.25, 0.3) is 5.88 Å². The molecule has 4 nitrogen and oxygen atoms in total. The molecule has 4 heteroatoms. The molecule has 2 heterocycles. The summed E-state index contributed by atoms with van der Waals surface area (Å²) in [6.07, 6.45) is 2.70. The van der Waals surface area contributed by atoms with E-state index in [1.165, 1.54) is 0 Å². The third kappa shape index (κ3) is 1.64. The maximum absolute atomic E-state index is 9.02. The van der Waals surface area contributed by atoms with E-state index in [-0.39, 0.29) is 0 Å². The summed E-state index contributed by atoms with van der Waals surface area (Å²) in [4.78, 5) is 0. The number of ether oxygens (including phenoxy) is 1. The minimum absolute atomic E-state index is 0.422. The van der Waals surface area contributed by atoms with E-state index in [1.54, 1.807) is 10.7 Å². The average Bonchev–Trinajstić information content (AvgIpc) is 2.63. The summed E-state index contributed by atoms with van der Waals surface area (Å²) in [5.74, 6) is 0.422. The molecule has 0 saturated heterocycles. The number of hydrogen-bond donors (Lipinski definition) is 0. The molecule has 2 rings (SSSR count). The molecule has 0 aliphatic heterocycles. The summed E-state index contributed by atoms with van der Waals surface area (Å²) < 4.78 is 7.06. The molecule has 2 aromatic heterocycles. The fraction of sp³-hybridized carbons (Fsp3) is 0.273. The van der Waals surface area contributed by atoms with Crippen molar-refractivity contribution in [3.05, 3.63) is 30.0 Å². The molecule has 0 unspecified atom stereocenters. The third-order valence-corrected chi connectivity index (χ3v) is 2.06. The Balaban J connectivity index is 2.50. The lowest BCUT2D eigenvalue weighted by Gasteiger charge is -1.98. The SMILES string of the molecule is CCCOc1nn2ccccc2c1C#N. The van der Waals surface area contributed by atoms with Gasteiger partial charge < -0.3 is 4.74 Å². The van der Waals surface area contributed by atoms with Crippen molar-refractivity contribution in [2.75, 3.05) is 6.61 Å². The van der Waals surface area contributed by atoms with Gasteiger partial charge >= 0.3 is 0 Å². The van der Waals surface area contributed by atoms with Crippen LogP contribution in [0.25, 0.3) is 5.52 Å². The van der Waals surface area contributed by atoms with Gasteiger partial charge in [0, 0.05) is 6.20 Å². The Morgan fingerprint density at radius 3 is 3.13 bits per heavy atom. The zero-order valence-corrected chi connectivity index (χ0v) is 8.47. The largest absolute Gasteiger partial charge is 0.476 e. The molecule has 0 fully saturated rings. The van der Waals surface area contributed by atoms with E-state index in [9.17, 15) is 0 Å². The number of fused-ring (bicyclic) bond motifs is 1. The van der Waals surface area contributed by atoms with Gasteiger partial charge in [-0.1, -0.05) is 13.0 Å². The van der Waals surface area contributed by atoms with Gasteiger partial charge in [-0.3, -0.25) is 0 Å². The molecule has 0 aromatic carbocycles. The Bertz CT molecular complexity index is 510. The molecular formula is C11H11N3O. The van der Waals surface area contributed by atoms with E-state index in [1.807, 2.05) is 25.1 Å². The zero-order valence-electron chi connectivity index (χ0n) is 8.47. The molecular weight excluding hydrogens is 190 g/mol. The molecule has 0 atom stereocenters. The maximum atomic E-state index is 9.02. The smallest absolute Gasteiger partial charge is 0.252 e. The van der Waals surface area contributed by atoms with E-state index in [2.05, 4.69) is 11.2 Å². The van der Waals surface area contributed by atoms with E-state index in [4.69, 9.17) is 10.00 Å². The highest BCUT2D eigenvalue weighted by molar-refractivity contribution is 5.64. The molecule has 0 spiro atoms. The first kappa shape index (κ1) is 9.53. The number of pyridine rings is 1. The summed E-state index contributed by atoms with van der Waals surface area (Å²) in [6, 6.07) is 7.71. The van der Waals surface area contributed by atoms with Crippen molar-refractivity contribution in [2.45, 2.75) is 13.3 Å². The summed E-state index contributed by atoms with van der Waals surface area (Å²) in [5.41, 5.74) is 1.29. The molecule has 0 aliphatic rings. The van der Waals surface area contributed by atoms with Crippen LogP contribution < -0.4 is 4.74 Å². The predicted molar refractivity (Wildman–Crippen MR) is 55.7 cm³/mol. The standard InChI is InChI=1S/C11H11N3O/c1-2-7-15-11-9(8-12)10-5-3-4-6-14(10)13-11/h3-6H,2,7H2,1H3. The van der Waals surface area contributed by atoms with Gasteiger partial charge in [0.05, 0.1) is 12.1 Å². The topological polar surface area (TPSA) is 50.3 Å². The summed E-state index contributed by atoms with van der Waals surface area (Å²) in [7, 11) is 0. The van der Waals surface area contributed by atoms with Crippen LogP contribution in [0, 0.1) is 11.3 Å². The van der Waals surface area contributed by atoms with E-state index >= 15 is 0 Å². The Morgan fingerprint density at radius 1 is 1.53 bits per heavy atom. The molecule has 0 bridgehead atoms. The molecule has 0 N–H and O–H groups in total. The van der Waals surface area contributed by atoms with Crippen molar-refractivity contribution in [3.63, 3.8) is 0 Å². The first-order valence-electron chi connectivity index (χ1n) is 4.87. The first-order chi connectivity index (χ1) is 7.36. The van der Waals surface area contributed by atoms with Crippen LogP contribution >= 0.6 is 0 Å². The van der Waals surface area contributed by atoms with Gasteiger partial charge in [-0.05, 0) is 18.6 Å². The Morgan fingerprint density at radius 2 is 2.40 bits per heavy atom. The van der Waals surface area contributed by atoms with Crippen molar-refractivity contribution in [1.82, 2.24) is 9.61 Å². The first-order valence-corrected chi connectivity index (χ1v) is 4.87. The van der Waals surface area contributed by atoms with Crippen molar-refractivity contribution in [3.8, 4) is 11.9 Å². The van der Waals surface area contributed by atoms with Crippen LogP contribution in [-0.2, 0) is 0 Å². The van der Waals surface area contributed by atoms with Crippen molar-refractivity contribution in [2.24, 2.45) is 0 Å². The van der Waals surface area contributed by atoms with Gasteiger partial charge in [-0.25, -0.2) is 4.52 Å². The lowest BCUT2D eigenvalue weighted by molar-refractivity contribution is 0.303. The predicted octanol–water partition coefficient (Wildman–Crippen LogP) is 1.99. The Kier molecular flexibility index (Phi) is 2.55. The van der Waals surface area contributed by atoms with Crippen LogP contribution in [0.4, 0.5) is 0 Å². The minimum Gasteiger partial charge on any atom is -0.476 e. The van der Waals surface area contributed by atoms with Gasteiger partial charge in [0.2, 0.25) is 0 Å². The van der Waals surface area contributed by atoms with Gasteiger partial charge in [-0.15, -0.1) is 5.10 Å². The quantitative estimate of drug-likeness (QED) is 0.763. The van der Waals surface area contributed by atoms with Crippen LogP contribution in [0.5, 0.6) is 5.88 Å². The number of nitrogens with zero attached hydrogens (tertiary/aromatic N) is 3. The average molecular weight is 201 g/mol. The monoisotopic (exact) mass is 201 g/mol. The molecule has 0 saturated carbocycles. The van der Waals surface area contributed by atoms with Crippen LogP contribution in [0.3, 0.4) is 0 Å². The van der Waals surface area contributed by atoms with E-state index in [0.717, 1.165) is 11.9 Å². The highest BCUT2D eigenvalue weighted by Gasteiger charge is 2.12. The fourth-order valence-corrected chi connectivity index (χ4v) is 1.38. The van der Waals surface area contributed by atoms with Crippen molar-refractivity contribution < 1.29 is 4.74 Å². The lowest BCUT2D eigenvalue weighted by atomic mass is 10.3. The van der Waals surface area contributed by atoms with E-state index < -0.39 is 0 Å². The summed E-state index contributed by atoms with van der Waals surface area (Å²) >= 11 is 0. The van der Waals surface area contributed by atoms with Crippen LogP contribution in [0.1, 0.15) is 18.9 Å². The molecule has 0 radical (unpaired) electrons. The second-order valence-electron chi connectivity index (χ2n) is 3.17. The minimum atomic E-state index is 0.422. The number of rotatable bonds is 3. The third-order valence-electron chi connectivity index (χ3n) is 2.06. The number of aromatic nitrogens is 2. The van der Waals surface area contributed by atoms with E-state index in [0.29, 0.717) is 18.1 Å². The number of nitriles is 1. The Labute approximate surface area is 87.7 Å². The second-order valence-corrected chi connectivity index (χ2v) is 3.17. The molecule has 0 aliphatic carbocycles. The summed E-state index contributed by atoms with van der Waals surface area (Å²) in [6.45, 7) is 2.60. The summed E-state index contributed by atoms with van der Waals surface area (Å²) in [5, 5.41) is 13.2. The molecule has 0 amide bonds. The zero-order chi connectivity index (χ0) is 10.7. The van der Waals surface area contributed by atoms with Crippen LogP contribution in [-0.4, -0.2) is 16.2 Å². The second kappa shape index (κ2) is 4.01. The highest BCUT2D eigenvalue weighted by Crippen LogP contribution is 2.21. The van der Waals surface area contributed by atoms with Crippen LogP contribution in [0.2, 0.25) is 0 Å². The Hall–Kier alpha value is -2.02. The van der Waals surface area contributed by atoms with Crippen molar-refractivity contribution in [1.29, 1.82) is 5.26 Å². The molecule has 15 heavy (non-hydrogen) atoms. The van der Waals surface area contributed by atoms with Gasteiger partial charge in [0.15, 0.2) is 0 Å². The van der Waals surface area contributed by atoms with Crippen molar-refractivity contribution >= 4 is 5.52 Å². The number of hydrogen-bond acceptors (Lipinski definition) is 3.